The lowest BCUT2D eigenvalue weighted by molar-refractivity contribution is -0.0107. The zero-order valence-electron chi connectivity index (χ0n) is 8.32. The van der Waals surface area contributed by atoms with E-state index in [1.807, 2.05) is 7.05 Å². The highest BCUT2D eigenvalue weighted by Crippen LogP contribution is 2.21. The van der Waals surface area contributed by atoms with Crippen LogP contribution in [0.1, 0.15) is 13.3 Å². The van der Waals surface area contributed by atoms with E-state index in [0.717, 1.165) is 26.6 Å². The van der Waals surface area contributed by atoms with Crippen molar-refractivity contribution < 1.29 is 8.78 Å². The zero-order chi connectivity index (χ0) is 9.90. The first kappa shape index (κ1) is 10.9. The van der Waals surface area contributed by atoms with Gasteiger partial charge in [0.05, 0.1) is 0 Å². The van der Waals surface area contributed by atoms with Gasteiger partial charge in [-0.15, -0.1) is 0 Å². The maximum atomic E-state index is 12.4. The molecule has 1 saturated heterocycles. The molecule has 0 atom stereocenters. The fraction of sp³-hybridized carbons (Fsp3) is 1.00. The Bertz CT molecular complexity index is 150. The molecule has 1 aliphatic heterocycles. The summed E-state index contributed by atoms with van der Waals surface area (Å²) in [5.74, 6) is -1.84. The van der Waals surface area contributed by atoms with Crippen LogP contribution in [0.25, 0.3) is 0 Å². The van der Waals surface area contributed by atoms with E-state index < -0.39 is 5.92 Å². The van der Waals surface area contributed by atoms with Gasteiger partial charge in [-0.2, -0.15) is 0 Å². The molecule has 0 amide bonds. The molecule has 2 nitrogen and oxygen atoms in total. The predicted octanol–water partition coefficient (Wildman–Crippen LogP) is 1.18. The topological polar surface area (TPSA) is 15.3 Å². The van der Waals surface area contributed by atoms with Gasteiger partial charge in [0.1, 0.15) is 0 Å². The van der Waals surface area contributed by atoms with Gasteiger partial charge < -0.3 is 10.2 Å². The van der Waals surface area contributed by atoms with E-state index in [2.05, 4.69) is 10.2 Å². The van der Waals surface area contributed by atoms with E-state index in [4.69, 9.17) is 0 Å². The Labute approximate surface area is 78.3 Å². The van der Waals surface area contributed by atoms with Crippen molar-refractivity contribution in [1.29, 1.82) is 0 Å². The van der Waals surface area contributed by atoms with Crippen molar-refractivity contribution in [2.45, 2.75) is 19.3 Å². The van der Waals surface area contributed by atoms with E-state index in [0.29, 0.717) is 12.5 Å². The average molecular weight is 192 g/mol. The van der Waals surface area contributed by atoms with Gasteiger partial charge in [0.15, 0.2) is 0 Å². The fourth-order valence-corrected chi connectivity index (χ4v) is 1.63. The Hall–Kier alpha value is -0.220. The molecular formula is C9H18F2N2. The molecule has 0 radical (unpaired) electrons. The number of rotatable bonds is 5. The molecule has 1 fully saturated rings. The van der Waals surface area contributed by atoms with Crippen LogP contribution in [-0.4, -0.2) is 44.0 Å². The third-order valence-corrected chi connectivity index (χ3v) is 2.39. The Morgan fingerprint density at radius 3 is 2.54 bits per heavy atom. The molecule has 1 rings (SSSR count). The van der Waals surface area contributed by atoms with Crippen LogP contribution in [0, 0.1) is 5.92 Å². The molecule has 78 valence electrons. The highest BCUT2D eigenvalue weighted by atomic mass is 19.3. The molecule has 1 aliphatic rings. The fourth-order valence-electron chi connectivity index (χ4n) is 1.63. The zero-order valence-corrected chi connectivity index (χ0v) is 8.32. The summed E-state index contributed by atoms with van der Waals surface area (Å²) in [5.41, 5.74) is 0. The lowest BCUT2D eigenvalue weighted by Crippen LogP contribution is -2.51. The van der Waals surface area contributed by atoms with Crippen LogP contribution in [0.2, 0.25) is 0 Å². The summed E-state index contributed by atoms with van der Waals surface area (Å²) in [6.45, 7) is 4.45. The summed E-state index contributed by atoms with van der Waals surface area (Å²) in [5, 5.41) is 3.09. The van der Waals surface area contributed by atoms with Gasteiger partial charge in [-0.25, -0.2) is 8.78 Å². The smallest absolute Gasteiger partial charge is 0.246 e. The molecule has 1 N–H and O–H groups in total. The minimum absolute atomic E-state index is 0.0146. The first-order valence-electron chi connectivity index (χ1n) is 4.76. The van der Waals surface area contributed by atoms with Gasteiger partial charge in [-0.05, 0) is 19.9 Å². The Balaban J connectivity index is 2.02. The molecule has 0 aromatic heterocycles. The van der Waals surface area contributed by atoms with Crippen LogP contribution < -0.4 is 5.32 Å². The highest BCUT2D eigenvalue weighted by Gasteiger charge is 2.29. The Morgan fingerprint density at radius 1 is 1.46 bits per heavy atom. The maximum Gasteiger partial charge on any atom is 0.246 e. The second-order valence-electron chi connectivity index (χ2n) is 4.00. The van der Waals surface area contributed by atoms with E-state index >= 15 is 0 Å². The first-order chi connectivity index (χ1) is 6.01. The van der Waals surface area contributed by atoms with Crippen molar-refractivity contribution in [2.24, 2.45) is 5.92 Å². The molecule has 0 spiro atoms. The normalized spacial score (nSPS) is 20.3. The van der Waals surface area contributed by atoms with Crippen molar-refractivity contribution in [3.8, 4) is 0 Å². The summed E-state index contributed by atoms with van der Waals surface area (Å²) in [6, 6.07) is 0. The first-order valence-corrected chi connectivity index (χ1v) is 4.76. The molecule has 1 heterocycles. The van der Waals surface area contributed by atoms with Gasteiger partial charge in [0.2, 0.25) is 5.92 Å². The second-order valence-corrected chi connectivity index (χ2v) is 4.00. The third kappa shape index (κ3) is 4.00. The van der Waals surface area contributed by atoms with Crippen molar-refractivity contribution in [3.05, 3.63) is 0 Å². The van der Waals surface area contributed by atoms with Crippen molar-refractivity contribution >= 4 is 0 Å². The Morgan fingerprint density at radius 2 is 2.08 bits per heavy atom. The van der Waals surface area contributed by atoms with Crippen LogP contribution in [0.4, 0.5) is 8.78 Å². The van der Waals surface area contributed by atoms with Crippen LogP contribution in [0.15, 0.2) is 0 Å². The number of hydrogen-bond donors (Lipinski definition) is 1. The molecule has 13 heavy (non-hydrogen) atoms. The number of nitrogens with zero attached hydrogens (tertiary/aromatic N) is 1. The summed E-state index contributed by atoms with van der Waals surface area (Å²) in [4.78, 5) is 2.08. The van der Waals surface area contributed by atoms with Crippen molar-refractivity contribution in [1.82, 2.24) is 10.2 Å². The summed E-state index contributed by atoms with van der Waals surface area (Å²) < 4.78 is 24.9. The van der Waals surface area contributed by atoms with Gasteiger partial charge in [0.25, 0.3) is 0 Å². The molecule has 0 aliphatic carbocycles. The standard InChI is InChI=1S/C9H18F2N2/c1-9(10,11)3-4-13-6-8(7-13)5-12-2/h8,12H,3-7H2,1-2H3. The highest BCUT2D eigenvalue weighted by molar-refractivity contribution is 4.81. The quantitative estimate of drug-likeness (QED) is 0.703. The van der Waals surface area contributed by atoms with Crippen molar-refractivity contribution in [3.63, 3.8) is 0 Å². The van der Waals surface area contributed by atoms with E-state index in [-0.39, 0.29) is 6.42 Å². The molecule has 0 aromatic carbocycles. The number of likely N-dealkylation sites (tertiary alicyclic amines) is 1. The number of nitrogens with one attached hydrogen (secondary N) is 1. The number of hydrogen-bond acceptors (Lipinski definition) is 2. The molecule has 0 aromatic rings. The summed E-state index contributed by atoms with van der Waals surface area (Å²) in [6.07, 6.45) is -0.0146. The van der Waals surface area contributed by atoms with E-state index in [1.54, 1.807) is 0 Å². The van der Waals surface area contributed by atoms with E-state index in [1.165, 1.54) is 0 Å². The minimum atomic E-state index is -2.51. The van der Waals surface area contributed by atoms with Gasteiger partial charge in [-0.3, -0.25) is 0 Å². The van der Waals surface area contributed by atoms with Crippen molar-refractivity contribution in [2.75, 3.05) is 33.2 Å². The van der Waals surface area contributed by atoms with Crippen LogP contribution in [-0.2, 0) is 0 Å². The van der Waals surface area contributed by atoms with Gasteiger partial charge >= 0.3 is 0 Å². The number of alkyl halides is 2. The monoisotopic (exact) mass is 192 g/mol. The van der Waals surface area contributed by atoms with Gasteiger partial charge in [0, 0.05) is 32.6 Å². The molecule has 4 heteroatoms. The maximum absolute atomic E-state index is 12.4. The minimum Gasteiger partial charge on any atom is -0.319 e. The van der Waals surface area contributed by atoms with Crippen LogP contribution >= 0.6 is 0 Å². The predicted molar refractivity (Wildman–Crippen MR) is 49.1 cm³/mol. The molecule has 0 bridgehead atoms. The second kappa shape index (κ2) is 4.33. The van der Waals surface area contributed by atoms with Crippen LogP contribution in [0.3, 0.4) is 0 Å². The lowest BCUT2D eigenvalue weighted by Gasteiger charge is -2.39. The van der Waals surface area contributed by atoms with Gasteiger partial charge in [-0.1, -0.05) is 0 Å². The SMILES string of the molecule is CNCC1CN(CCC(C)(F)F)C1. The van der Waals surface area contributed by atoms with E-state index in [9.17, 15) is 8.78 Å². The average Bonchev–Trinajstić information content (AvgIpc) is 1.91. The largest absolute Gasteiger partial charge is 0.319 e. The molecule has 0 saturated carbocycles. The molecule has 0 unspecified atom stereocenters. The lowest BCUT2D eigenvalue weighted by atomic mass is 10.00. The Kier molecular flexibility index (Phi) is 3.62. The number of halogens is 2. The summed E-state index contributed by atoms with van der Waals surface area (Å²) >= 11 is 0. The van der Waals surface area contributed by atoms with Crippen LogP contribution in [0.5, 0.6) is 0 Å². The third-order valence-electron chi connectivity index (χ3n) is 2.39. The molecular weight excluding hydrogens is 174 g/mol. The summed E-state index contributed by atoms with van der Waals surface area (Å²) in [7, 11) is 1.92.